The lowest BCUT2D eigenvalue weighted by Crippen LogP contribution is -2.36. The second-order valence-electron chi connectivity index (χ2n) is 5.62. The highest BCUT2D eigenvalue weighted by Crippen LogP contribution is 2.19. The Kier molecular flexibility index (Phi) is 4.42. The molecule has 0 saturated heterocycles. The molecule has 0 radical (unpaired) electrons. The van der Waals surface area contributed by atoms with E-state index in [4.69, 9.17) is 4.74 Å². The Morgan fingerprint density at radius 2 is 2.41 bits per heavy atom. The van der Waals surface area contributed by atoms with Gasteiger partial charge in [-0.2, -0.15) is 0 Å². The summed E-state index contributed by atoms with van der Waals surface area (Å²) >= 11 is 0. The third-order valence-corrected chi connectivity index (χ3v) is 4.17. The minimum atomic E-state index is 0.0419. The lowest BCUT2D eigenvalue weighted by atomic mass is 9.97. The average molecular weight is 299 g/mol. The van der Waals surface area contributed by atoms with E-state index in [9.17, 15) is 4.79 Å². The number of aryl methyl sites for hydroxylation is 1. The molecule has 5 heteroatoms. The van der Waals surface area contributed by atoms with Crippen LogP contribution < -0.4 is 10.1 Å². The molecule has 22 heavy (non-hydrogen) atoms. The van der Waals surface area contributed by atoms with Crippen molar-refractivity contribution in [3.63, 3.8) is 0 Å². The SMILES string of the molecule is COc1cccc(CCNC(=O)C2CCn3ccnc3C2)c1. The summed E-state index contributed by atoms with van der Waals surface area (Å²) in [4.78, 5) is 16.6. The number of aromatic nitrogens is 2. The van der Waals surface area contributed by atoms with Crippen LogP contribution in [0.4, 0.5) is 0 Å². The van der Waals surface area contributed by atoms with Crippen molar-refractivity contribution in [2.24, 2.45) is 5.92 Å². The summed E-state index contributed by atoms with van der Waals surface area (Å²) in [5, 5.41) is 3.04. The summed E-state index contributed by atoms with van der Waals surface area (Å²) in [7, 11) is 1.66. The predicted octanol–water partition coefficient (Wildman–Crippen LogP) is 1.81. The monoisotopic (exact) mass is 299 g/mol. The molecule has 1 aliphatic rings. The van der Waals surface area contributed by atoms with Crippen LogP contribution in [-0.4, -0.2) is 29.1 Å². The van der Waals surface area contributed by atoms with Crippen molar-refractivity contribution in [2.75, 3.05) is 13.7 Å². The standard InChI is InChI=1S/C17H21N3O2/c1-22-15-4-2-3-13(11-15)5-7-19-17(21)14-6-9-20-10-8-18-16(20)12-14/h2-4,8,10-11,14H,5-7,9,12H2,1H3,(H,19,21). The first kappa shape index (κ1) is 14.6. The zero-order valence-corrected chi connectivity index (χ0v) is 12.8. The predicted molar refractivity (Wildman–Crippen MR) is 83.7 cm³/mol. The Labute approximate surface area is 130 Å². The van der Waals surface area contributed by atoms with Crippen LogP contribution in [0.2, 0.25) is 0 Å². The van der Waals surface area contributed by atoms with Gasteiger partial charge >= 0.3 is 0 Å². The largest absolute Gasteiger partial charge is 0.497 e. The number of imidazole rings is 1. The molecule has 2 aromatic rings. The molecule has 116 valence electrons. The van der Waals surface area contributed by atoms with E-state index in [2.05, 4.69) is 14.9 Å². The molecule has 0 bridgehead atoms. The first-order chi connectivity index (χ1) is 10.8. The molecular formula is C17H21N3O2. The molecule has 3 rings (SSSR count). The number of benzene rings is 1. The molecule has 1 atom stereocenters. The van der Waals surface area contributed by atoms with Crippen LogP contribution in [0.15, 0.2) is 36.7 Å². The Morgan fingerprint density at radius 1 is 1.50 bits per heavy atom. The van der Waals surface area contributed by atoms with Gasteiger partial charge in [-0.25, -0.2) is 4.98 Å². The summed E-state index contributed by atoms with van der Waals surface area (Å²) in [5.74, 6) is 2.04. The fourth-order valence-corrected chi connectivity index (χ4v) is 2.88. The zero-order valence-electron chi connectivity index (χ0n) is 12.8. The highest BCUT2D eigenvalue weighted by atomic mass is 16.5. The number of ether oxygens (including phenoxy) is 1. The molecule has 1 aromatic carbocycles. The third kappa shape index (κ3) is 3.30. The van der Waals surface area contributed by atoms with E-state index in [1.165, 1.54) is 5.56 Å². The van der Waals surface area contributed by atoms with Crippen molar-refractivity contribution in [3.8, 4) is 5.75 Å². The van der Waals surface area contributed by atoms with Gasteiger partial charge in [-0.1, -0.05) is 12.1 Å². The Hall–Kier alpha value is -2.30. The maximum Gasteiger partial charge on any atom is 0.223 e. The van der Waals surface area contributed by atoms with Crippen LogP contribution in [0.1, 0.15) is 17.8 Å². The van der Waals surface area contributed by atoms with Crippen LogP contribution in [-0.2, 0) is 24.2 Å². The molecule has 1 amide bonds. The number of hydrogen-bond acceptors (Lipinski definition) is 3. The summed E-state index contributed by atoms with van der Waals surface area (Å²) in [6.07, 6.45) is 6.21. The lowest BCUT2D eigenvalue weighted by molar-refractivity contribution is -0.125. The molecule has 1 N–H and O–H groups in total. The highest BCUT2D eigenvalue weighted by Gasteiger charge is 2.24. The van der Waals surface area contributed by atoms with Crippen LogP contribution in [0.25, 0.3) is 0 Å². The van der Waals surface area contributed by atoms with E-state index in [0.717, 1.165) is 37.4 Å². The zero-order chi connectivity index (χ0) is 15.4. The highest BCUT2D eigenvalue weighted by molar-refractivity contribution is 5.78. The van der Waals surface area contributed by atoms with Gasteiger partial charge in [0.25, 0.3) is 0 Å². The summed E-state index contributed by atoms with van der Waals surface area (Å²) in [5.41, 5.74) is 1.17. The third-order valence-electron chi connectivity index (χ3n) is 4.17. The van der Waals surface area contributed by atoms with Crippen molar-refractivity contribution in [1.82, 2.24) is 14.9 Å². The Bertz CT molecular complexity index is 651. The maximum absolute atomic E-state index is 12.3. The normalized spacial score (nSPS) is 16.9. The molecule has 5 nitrogen and oxygen atoms in total. The van der Waals surface area contributed by atoms with Gasteiger partial charge in [-0.15, -0.1) is 0 Å². The van der Waals surface area contributed by atoms with E-state index in [1.54, 1.807) is 13.3 Å². The number of carbonyl (C=O) groups excluding carboxylic acids is 1. The number of nitrogens with one attached hydrogen (secondary N) is 1. The molecule has 1 aromatic heterocycles. The smallest absolute Gasteiger partial charge is 0.223 e. The number of rotatable bonds is 5. The van der Waals surface area contributed by atoms with Gasteiger partial charge in [0.2, 0.25) is 5.91 Å². The van der Waals surface area contributed by atoms with Crippen LogP contribution in [0.3, 0.4) is 0 Å². The molecule has 0 fully saturated rings. The topological polar surface area (TPSA) is 56.1 Å². The van der Waals surface area contributed by atoms with E-state index >= 15 is 0 Å². The average Bonchev–Trinajstić information content (AvgIpc) is 3.02. The minimum absolute atomic E-state index is 0.0419. The fraction of sp³-hybridized carbons (Fsp3) is 0.412. The molecule has 1 unspecified atom stereocenters. The number of nitrogens with zero attached hydrogens (tertiary/aromatic N) is 2. The number of amides is 1. The molecule has 0 spiro atoms. The van der Waals surface area contributed by atoms with Gasteiger partial charge < -0.3 is 14.6 Å². The van der Waals surface area contributed by atoms with Gasteiger partial charge in [0.15, 0.2) is 0 Å². The van der Waals surface area contributed by atoms with Crippen LogP contribution >= 0.6 is 0 Å². The van der Waals surface area contributed by atoms with Crippen molar-refractivity contribution in [3.05, 3.63) is 48.0 Å². The van der Waals surface area contributed by atoms with Gasteiger partial charge in [0, 0.05) is 37.8 Å². The van der Waals surface area contributed by atoms with E-state index in [0.29, 0.717) is 6.54 Å². The first-order valence-electron chi connectivity index (χ1n) is 7.67. The summed E-state index contributed by atoms with van der Waals surface area (Å²) < 4.78 is 7.33. The maximum atomic E-state index is 12.3. The van der Waals surface area contributed by atoms with Crippen LogP contribution in [0, 0.1) is 5.92 Å². The molecule has 2 heterocycles. The summed E-state index contributed by atoms with van der Waals surface area (Å²) in [6.45, 7) is 1.53. The van der Waals surface area contributed by atoms with E-state index in [1.807, 2.05) is 30.5 Å². The van der Waals surface area contributed by atoms with E-state index in [-0.39, 0.29) is 11.8 Å². The number of methoxy groups -OCH3 is 1. The minimum Gasteiger partial charge on any atom is -0.497 e. The molecular weight excluding hydrogens is 278 g/mol. The van der Waals surface area contributed by atoms with Crippen molar-refractivity contribution in [2.45, 2.75) is 25.8 Å². The van der Waals surface area contributed by atoms with E-state index < -0.39 is 0 Å². The van der Waals surface area contributed by atoms with Gasteiger partial charge in [-0.05, 0) is 30.5 Å². The number of fused-ring (bicyclic) bond motifs is 1. The summed E-state index contributed by atoms with van der Waals surface area (Å²) in [6, 6.07) is 7.94. The second-order valence-corrected chi connectivity index (χ2v) is 5.62. The number of hydrogen-bond donors (Lipinski definition) is 1. The van der Waals surface area contributed by atoms with Crippen LogP contribution in [0.5, 0.6) is 5.75 Å². The molecule has 0 aliphatic carbocycles. The second kappa shape index (κ2) is 6.64. The molecule has 0 saturated carbocycles. The van der Waals surface area contributed by atoms with Crippen molar-refractivity contribution in [1.29, 1.82) is 0 Å². The quantitative estimate of drug-likeness (QED) is 0.916. The molecule has 1 aliphatic heterocycles. The lowest BCUT2D eigenvalue weighted by Gasteiger charge is -2.22. The Morgan fingerprint density at radius 3 is 3.27 bits per heavy atom. The van der Waals surface area contributed by atoms with Gasteiger partial charge in [0.1, 0.15) is 11.6 Å². The van der Waals surface area contributed by atoms with Crippen molar-refractivity contribution < 1.29 is 9.53 Å². The Balaban J connectivity index is 1.48. The first-order valence-corrected chi connectivity index (χ1v) is 7.67. The van der Waals surface area contributed by atoms with Crippen molar-refractivity contribution >= 4 is 5.91 Å². The fourth-order valence-electron chi connectivity index (χ4n) is 2.88. The number of carbonyl (C=O) groups is 1. The van der Waals surface area contributed by atoms with Gasteiger partial charge in [0.05, 0.1) is 7.11 Å². The van der Waals surface area contributed by atoms with Gasteiger partial charge in [-0.3, -0.25) is 4.79 Å².